The Morgan fingerprint density at radius 3 is 2.19 bits per heavy atom. The van der Waals surface area contributed by atoms with E-state index in [4.69, 9.17) is 4.74 Å². The molecule has 0 bridgehead atoms. The highest BCUT2D eigenvalue weighted by Gasteiger charge is 2.42. The summed E-state index contributed by atoms with van der Waals surface area (Å²) in [5.74, 6) is -3.10. The Balaban J connectivity index is 1.38. The predicted octanol–water partition coefficient (Wildman–Crippen LogP) is 3.24. The molecule has 2 aliphatic carbocycles. The van der Waals surface area contributed by atoms with Crippen LogP contribution in [0.3, 0.4) is 0 Å². The number of esters is 1. The minimum atomic E-state index is -4.19. The molecule has 14 heteroatoms. The fourth-order valence-corrected chi connectivity index (χ4v) is 8.34. The summed E-state index contributed by atoms with van der Waals surface area (Å²) in [6, 6.07) is 10.4. The molecular weight excluding hydrogens is 699 g/mol. The number of benzene rings is 2. The van der Waals surface area contributed by atoms with Gasteiger partial charge in [0.15, 0.2) is 0 Å². The molecular formula is C39H53N5O8S. The minimum Gasteiger partial charge on any atom is -0.462 e. The summed E-state index contributed by atoms with van der Waals surface area (Å²) in [7, 11) is -4.19. The van der Waals surface area contributed by atoms with E-state index in [2.05, 4.69) is 15.4 Å². The summed E-state index contributed by atoms with van der Waals surface area (Å²) >= 11 is 0. The first kappa shape index (κ1) is 40.1. The quantitative estimate of drug-likeness (QED) is 0.172. The number of nitrogens with zero attached hydrogens (tertiary/aromatic N) is 2. The van der Waals surface area contributed by atoms with E-state index in [1.807, 2.05) is 43.0 Å². The van der Waals surface area contributed by atoms with Gasteiger partial charge < -0.3 is 20.3 Å². The third-order valence-electron chi connectivity index (χ3n) is 10.3. The standard InChI is InChI=1S/C39H53N5O8S/c1-4-9-32(35(45)37(47)40-30-18-19-30)41-36(46)33-25-44(23-22-43(33)24-27-14-12-26(3)13-15-27)38(48)34(28-10-7-6-8-11-28)42-53(50,51)31-20-16-29(17-21-31)39(49)52-5-2/h12-17,20-21,28,30,32-34,42H,4-11,18-19,22-25H2,1-3H3,(H,40,47)(H,41,46)/t32-,33+,34-/m0/s1. The van der Waals surface area contributed by atoms with Gasteiger partial charge in [-0.05, 0) is 81.7 Å². The van der Waals surface area contributed by atoms with Crippen molar-refractivity contribution in [1.82, 2.24) is 25.2 Å². The zero-order chi connectivity index (χ0) is 38.1. The maximum absolute atomic E-state index is 14.5. The lowest BCUT2D eigenvalue weighted by Crippen LogP contribution is -2.64. The summed E-state index contributed by atoms with van der Waals surface area (Å²) in [5, 5.41) is 5.57. The van der Waals surface area contributed by atoms with E-state index in [-0.39, 0.29) is 48.5 Å². The minimum absolute atomic E-state index is 0.00848. The normalized spacial score (nSPS) is 19.5. The van der Waals surface area contributed by atoms with Crippen LogP contribution in [-0.2, 0) is 40.5 Å². The smallest absolute Gasteiger partial charge is 0.338 e. The van der Waals surface area contributed by atoms with Gasteiger partial charge in [0.05, 0.1) is 23.1 Å². The number of ketones is 1. The van der Waals surface area contributed by atoms with E-state index in [1.54, 1.807) is 11.8 Å². The molecule has 2 aromatic rings. The van der Waals surface area contributed by atoms with Gasteiger partial charge in [-0.1, -0.05) is 62.4 Å². The van der Waals surface area contributed by atoms with Crippen LogP contribution in [0.25, 0.3) is 0 Å². The van der Waals surface area contributed by atoms with E-state index >= 15 is 0 Å². The van der Waals surface area contributed by atoms with Gasteiger partial charge in [-0.3, -0.25) is 24.1 Å². The molecule has 5 rings (SSSR count). The Bertz CT molecular complexity index is 1720. The number of carbonyl (C=O) groups excluding carboxylic acids is 5. The fourth-order valence-electron chi connectivity index (χ4n) is 7.09. The van der Waals surface area contributed by atoms with Crippen LogP contribution in [0.15, 0.2) is 53.4 Å². The van der Waals surface area contributed by atoms with Gasteiger partial charge in [-0.25, -0.2) is 13.2 Å². The average Bonchev–Trinajstić information content (AvgIpc) is 3.98. The van der Waals surface area contributed by atoms with Crippen molar-refractivity contribution in [2.24, 2.45) is 5.92 Å². The van der Waals surface area contributed by atoms with E-state index in [9.17, 15) is 32.4 Å². The molecule has 1 aliphatic heterocycles. The lowest BCUT2D eigenvalue weighted by atomic mass is 9.83. The Morgan fingerprint density at radius 2 is 1.57 bits per heavy atom. The molecule has 13 nitrogen and oxygen atoms in total. The second-order valence-corrected chi connectivity index (χ2v) is 16.2. The SMILES string of the molecule is CCC[C@H](NC(=O)[C@H]1CN(C(=O)[C@@H](NS(=O)(=O)c2ccc(C(=O)OCC)cc2)C2CCCCC2)CCN1Cc1ccc(C)cc1)C(=O)C(=O)NC1CC1. The van der Waals surface area contributed by atoms with E-state index in [0.29, 0.717) is 32.4 Å². The van der Waals surface area contributed by atoms with Crippen LogP contribution in [0, 0.1) is 12.8 Å². The monoisotopic (exact) mass is 751 g/mol. The van der Waals surface area contributed by atoms with Crippen LogP contribution < -0.4 is 15.4 Å². The molecule has 3 amide bonds. The molecule has 3 N–H and O–H groups in total. The Labute approximate surface area is 312 Å². The molecule has 3 fully saturated rings. The summed E-state index contributed by atoms with van der Waals surface area (Å²) in [6.07, 6.45) is 6.54. The molecule has 3 atom stereocenters. The first-order chi connectivity index (χ1) is 25.4. The number of aryl methyl sites for hydroxylation is 1. The summed E-state index contributed by atoms with van der Waals surface area (Å²) < 4.78 is 35.3. The lowest BCUT2D eigenvalue weighted by molar-refractivity contribution is -0.143. The number of hydrogen-bond acceptors (Lipinski definition) is 9. The largest absolute Gasteiger partial charge is 0.462 e. The van der Waals surface area contributed by atoms with Gasteiger partial charge in [-0.15, -0.1) is 0 Å². The van der Waals surface area contributed by atoms with Crippen molar-refractivity contribution >= 4 is 39.5 Å². The van der Waals surface area contributed by atoms with Crippen LogP contribution in [0.5, 0.6) is 0 Å². The molecule has 3 aliphatic rings. The van der Waals surface area contributed by atoms with Gasteiger partial charge in [-0.2, -0.15) is 4.72 Å². The van der Waals surface area contributed by atoms with Crippen molar-refractivity contribution in [1.29, 1.82) is 0 Å². The highest BCUT2D eigenvalue weighted by atomic mass is 32.2. The van der Waals surface area contributed by atoms with Crippen LogP contribution >= 0.6 is 0 Å². The molecule has 0 aromatic heterocycles. The number of carbonyl (C=O) groups is 5. The van der Waals surface area contributed by atoms with Crippen molar-refractivity contribution in [3.63, 3.8) is 0 Å². The second kappa shape index (κ2) is 18.3. The van der Waals surface area contributed by atoms with Crippen LogP contribution in [0.4, 0.5) is 0 Å². The van der Waals surface area contributed by atoms with E-state index in [1.165, 1.54) is 24.3 Å². The average molecular weight is 752 g/mol. The molecule has 1 heterocycles. The van der Waals surface area contributed by atoms with Crippen LogP contribution in [0.1, 0.15) is 93.1 Å². The summed E-state index contributed by atoms with van der Waals surface area (Å²) in [4.78, 5) is 70.1. The molecule has 0 radical (unpaired) electrons. The van der Waals surface area contributed by atoms with Gasteiger partial charge in [0.25, 0.3) is 5.91 Å². The van der Waals surface area contributed by atoms with E-state index in [0.717, 1.165) is 43.2 Å². The number of sulfonamides is 1. The molecule has 0 spiro atoms. The van der Waals surface area contributed by atoms with Gasteiger partial charge >= 0.3 is 5.97 Å². The predicted molar refractivity (Wildman–Crippen MR) is 198 cm³/mol. The van der Waals surface area contributed by atoms with E-state index < -0.39 is 57.6 Å². The topological polar surface area (TPSA) is 171 Å². The zero-order valence-electron chi connectivity index (χ0n) is 31.0. The van der Waals surface area contributed by atoms with Gasteiger partial charge in [0.2, 0.25) is 27.6 Å². The third-order valence-corrected chi connectivity index (χ3v) is 11.8. The molecule has 53 heavy (non-hydrogen) atoms. The first-order valence-corrected chi connectivity index (χ1v) is 20.4. The number of nitrogens with one attached hydrogen (secondary N) is 3. The molecule has 2 aromatic carbocycles. The van der Waals surface area contributed by atoms with Crippen molar-refractivity contribution in [3.05, 3.63) is 65.2 Å². The highest BCUT2D eigenvalue weighted by Crippen LogP contribution is 2.29. The number of Topliss-reactive ketones (excluding diaryl/α,β-unsaturated/α-hetero) is 1. The third kappa shape index (κ3) is 10.7. The second-order valence-electron chi connectivity index (χ2n) is 14.5. The number of ether oxygens (including phenoxy) is 1. The fraction of sp³-hybridized carbons (Fsp3) is 0.564. The van der Waals surface area contributed by atoms with Gasteiger partial charge in [0.1, 0.15) is 12.1 Å². The highest BCUT2D eigenvalue weighted by molar-refractivity contribution is 7.89. The number of hydrogen-bond donors (Lipinski definition) is 3. The van der Waals surface area contributed by atoms with Crippen molar-refractivity contribution in [2.75, 3.05) is 26.2 Å². The zero-order valence-corrected chi connectivity index (χ0v) is 31.8. The van der Waals surface area contributed by atoms with Crippen molar-refractivity contribution in [2.45, 2.75) is 114 Å². The van der Waals surface area contributed by atoms with Gasteiger partial charge in [0, 0.05) is 32.2 Å². The summed E-state index contributed by atoms with van der Waals surface area (Å²) in [6.45, 7) is 6.69. The molecule has 1 saturated heterocycles. The molecule has 2 saturated carbocycles. The molecule has 0 unspecified atom stereocenters. The van der Waals surface area contributed by atoms with Crippen molar-refractivity contribution < 1.29 is 37.1 Å². The Morgan fingerprint density at radius 1 is 0.887 bits per heavy atom. The van der Waals surface area contributed by atoms with Crippen LogP contribution in [0.2, 0.25) is 0 Å². The number of rotatable bonds is 16. The summed E-state index contributed by atoms with van der Waals surface area (Å²) in [5.41, 5.74) is 2.28. The maximum Gasteiger partial charge on any atom is 0.338 e. The van der Waals surface area contributed by atoms with Crippen molar-refractivity contribution in [3.8, 4) is 0 Å². The maximum atomic E-state index is 14.5. The van der Waals surface area contributed by atoms with Crippen LogP contribution in [-0.4, -0.2) is 98.1 Å². The Kier molecular flexibility index (Phi) is 13.8. The first-order valence-electron chi connectivity index (χ1n) is 18.9. The number of piperazine rings is 1. The molecule has 288 valence electrons. The lowest BCUT2D eigenvalue weighted by Gasteiger charge is -2.43. The Hall–Kier alpha value is -4.14. The number of amides is 3.